The molecule has 0 amide bonds. The Hall–Kier alpha value is -1.84. The smallest absolute Gasteiger partial charge is 0.227 e. The van der Waals surface area contributed by atoms with Crippen molar-refractivity contribution in [3.05, 3.63) is 52.0 Å². The van der Waals surface area contributed by atoms with E-state index < -0.39 is 0 Å². The van der Waals surface area contributed by atoms with E-state index in [1.165, 1.54) is 13.3 Å². The predicted molar refractivity (Wildman–Crippen MR) is 107 cm³/mol. The number of carbonyl (C=O) groups is 1. The Bertz CT molecular complexity index is 821. The van der Waals surface area contributed by atoms with Crippen LogP contribution in [0, 0.1) is 0 Å². The quantitative estimate of drug-likeness (QED) is 0.434. The maximum atomic E-state index is 11.4. The second-order valence-corrected chi connectivity index (χ2v) is 6.00. The third-order valence-electron chi connectivity index (χ3n) is 2.90. The molecule has 0 bridgehead atoms. The van der Waals surface area contributed by atoms with E-state index in [2.05, 4.69) is 18.8 Å². The summed E-state index contributed by atoms with van der Waals surface area (Å²) in [5.74, 6) is 0.403. The first-order valence-electron chi connectivity index (χ1n) is 8.32. The van der Waals surface area contributed by atoms with Gasteiger partial charge in [-0.25, -0.2) is 4.98 Å². The summed E-state index contributed by atoms with van der Waals surface area (Å²) < 4.78 is 5.67. The Morgan fingerprint density at radius 3 is 2.12 bits per heavy atom. The van der Waals surface area contributed by atoms with Crippen molar-refractivity contribution in [1.82, 2.24) is 4.98 Å². The fraction of sp³-hybridized carbons (Fsp3) is 0.300. The molecule has 0 fully saturated rings. The first-order chi connectivity index (χ1) is 11.9. The normalized spacial score (nSPS) is 9.72. The van der Waals surface area contributed by atoms with Gasteiger partial charge in [0.15, 0.2) is 11.4 Å². The van der Waals surface area contributed by atoms with Crippen molar-refractivity contribution in [3.63, 3.8) is 0 Å². The fourth-order valence-corrected chi connectivity index (χ4v) is 2.47. The molecule has 3 rings (SSSR count). The molecule has 3 nitrogen and oxygen atoms in total. The van der Waals surface area contributed by atoms with Crippen molar-refractivity contribution in [2.24, 2.45) is 0 Å². The van der Waals surface area contributed by atoms with Crippen LogP contribution in [0.15, 0.2) is 40.8 Å². The van der Waals surface area contributed by atoms with Gasteiger partial charge in [0, 0.05) is 21.2 Å². The number of hydrogen-bond acceptors (Lipinski definition) is 3. The van der Waals surface area contributed by atoms with Crippen LogP contribution in [0.4, 0.5) is 0 Å². The van der Waals surface area contributed by atoms with Crippen LogP contribution in [0.25, 0.3) is 22.6 Å². The maximum absolute atomic E-state index is 11.4. The van der Waals surface area contributed by atoms with Crippen molar-refractivity contribution in [2.45, 2.75) is 41.0 Å². The molecule has 0 aliphatic heterocycles. The molecule has 5 heteroatoms. The summed E-state index contributed by atoms with van der Waals surface area (Å²) in [5, 5.41) is 1.03. The molecule has 25 heavy (non-hydrogen) atoms. The van der Waals surface area contributed by atoms with Gasteiger partial charge in [0.1, 0.15) is 5.52 Å². The van der Waals surface area contributed by atoms with Crippen LogP contribution in [0.3, 0.4) is 0 Å². The van der Waals surface area contributed by atoms with Crippen LogP contribution >= 0.6 is 23.2 Å². The minimum atomic E-state index is -0.0179. The first kappa shape index (κ1) is 21.2. The zero-order valence-electron chi connectivity index (χ0n) is 15.2. The Morgan fingerprint density at radius 1 is 1.04 bits per heavy atom. The molecule has 3 aromatic rings. The molecule has 134 valence electrons. The third kappa shape index (κ3) is 5.87. The van der Waals surface area contributed by atoms with E-state index in [0.29, 0.717) is 38.2 Å². The highest BCUT2D eigenvalue weighted by molar-refractivity contribution is 6.35. The summed E-state index contributed by atoms with van der Waals surface area (Å²) >= 11 is 11.9. The summed E-state index contributed by atoms with van der Waals surface area (Å²) in [6, 6.07) is 10.3. The molecule has 0 saturated carbocycles. The second-order valence-electron chi connectivity index (χ2n) is 5.12. The molecule has 1 heterocycles. The number of aromatic nitrogens is 1. The fourth-order valence-electron chi connectivity index (χ4n) is 1.94. The van der Waals surface area contributed by atoms with E-state index >= 15 is 0 Å². The molecule has 2 aromatic carbocycles. The standard InChI is InChI=1S/C15H9Cl2NO2.C3H8.C2H6/c1-8(19)9-2-3-13-14(6-9)20-15(18-13)10-4-11(16)7-12(17)5-10;1-3-2;1-2/h2-7H,1H3;3H2,1-2H3;1-2H3. The summed E-state index contributed by atoms with van der Waals surface area (Å²) in [6.45, 7) is 9.76. The third-order valence-corrected chi connectivity index (χ3v) is 3.34. The highest BCUT2D eigenvalue weighted by Crippen LogP contribution is 2.29. The van der Waals surface area contributed by atoms with Gasteiger partial charge in [-0.3, -0.25) is 4.79 Å². The lowest BCUT2D eigenvalue weighted by atomic mass is 10.1. The SMILES string of the molecule is CC.CC(=O)c1ccc2nc(-c3cc(Cl)cc(Cl)c3)oc2c1.CCC. The van der Waals surface area contributed by atoms with Crippen molar-refractivity contribution >= 4 is 40.1 Å². The molecule has 0 atom stereocenters. The Kier molecular flexibility index (Phi) is 8.67. The Morgan fingerprint density at radius 2 is 1.60 bits per heavy atom. The number of ketones is 1. The van der Waals surface area contributed by atoms with Gasteiger partial charge < -0.3 is 4.42 Å². The summed E-state index contributed by atoms with van der Waals surface area (Å²) in [6.07, 6.45) is 1.25. The minimum absolute atomic E-state index is 0.0179. The largest absolute Gasteiger partial charge is 0.436 e. The zero-order valence-corrected chi connectivity index (χ0v) is 16.7. The average Bonchev–Trinajstić information content (AvgIpc) is 2.99. The van der Waals surface area contributed by atoms with Gasteiger partial charge in [0.2, 0.25) is 5.89 Å². The summed E-state index contributed by atoms with van der Waals surface area (Å²) in [5.41, 5.74) is 2.53. The maximum Gasteiger partial charge on any atom is 0.227 e. The van der Waals surface area contributed by atoms with E-state index in [9.17, 15) is 4.79 Å². The number of halogens is 2. The molecule has 1 aromatic heterocycles. The first-order valence-corrected chi connectivity index (χ1v) is 9.08. The topological polar surface area (TPSA) is 43.1 Å². The zero-order chi connectivity index (χ0) is 19.0. The number of hydrogen-bond donors (Lipinski definition) is 0. The number of benzene rings is 2. The number of nitrogens with zero attached hydrogens (tertiary/aromatic N) is 1. The van der Waals surface area contributed by atoms with Crippen LogP contribution in [-0.2, 0) is 0 Å². The Labute approximate surface area is 159 Å². The van der Waals surface area contributed by atoms with Gasteiger partial charge in [0.05, 0.1) is 0 Å². The predicted octanol–water partition coefficient (Wildman–Crippen LogP) is 7.45. The molecule has 0 aliphatic carbocycles. The van der Waals surface area contributed by atoms with E-state index in [0.717, 1.165) is 0 Å². The number of carbonyl (C=O) groups excluding carboxylic acids is 1. The summed E-state index contributed by atoms with van der Waals surface area (Å²) in [7, 11) is 0. The van der Waals surface area contributed by atoms with E-state index in [1.807, 2.05) is 13.8 Å². The molecular formula is C20H23Cl2NO2. The van der Waals surface area contributed by atoms with Crippen LogP contribution in [0.5, 0.6) is 0 Å². The van der Waals surface area contributed by atoms with Crippen LogP contribution in [-0.4, -0.2) is 10.8 Å². The van der Waals surface area contributed by atoms with Crippen LogP contribution < -0.4 is 0 Å². The van der Waals surface area contributed by atoms with Crippen LogP contribution in [0.2, 0.25) is 10.0 Å². The number of rotatable bonds is 2. The number of Topliss-reactive ketones (excluding diaryl/α,β-unsaturated/α-hetero) is 1. The number of fused-ring (bicyclic) bond motifs is 1. The highest BCUT2D eigenvalue weighted by Gasteiger charge is 2.11. The Balaban J connectivity index is 0.000000567. The van der Waals surface area contributed by atoms with Gasteiger partial charge in [-0.1, -0.05) is 57.3 Å². The molecule has 0 spiro atoms. The number of oxazole rings is 1. The van der Waals surface area contributed by atoms with Crippen molar-refractivity contribution in [1.29, 1.82) is 0 Å². The van der Waals surface area contributed by atoms with E-state index in [1.54, 1.807) is 36.4 Å². The van der Waals surface area contributed by atoms with Gasteiger partial charge in [-0.2, -0.15) is 0 Å². The molecule has 0 saturated heterocycles. The van der Waals surface area contributed by atoms with E-state index in [-0.39, 0.29) is 5.78 Å². The van der Waals surface area contributed by atoms with Gasteiger partial charge >= 0.3 is 0 Å². The lowest BCUT2D eigenvalue weighted by molar-refractivity contribution is 0.101. The van der Waals surface area contributed by atoms with Gasteiger partial charge in [-0.05, 0) is 43.3 Å². The lowest BCUT2D eigenvalue weighted by Crippen LogP contribution is -1.89. The van der Waals surface area contributed by atoms with Crippen molar-refractivity contribution in [3.8, 4) is 11.5 Å². The molecule has 0 aliphatic rings. The monoisotopic (exact) mass is 379 g/mol. The van der Waals surface area contributed by atoms with Gasteiger partial charge in [0.25, 0.3) is 0 Å². The highest BCUT2D eigenvalue weighted by atomic mass is 35.5. The average molecular weight is 380 g/mol. The molecular weight excluding hydrogens is 357 g/mol. The second kappa shape index (κ2) is 10.2. The van der Waals surface area contributed by atoms with Crippen LogP contribution in [0.1, 0.15) is 51.4 Å². The van der Waals surface area contributed by atoms with Crippen molar-refractivity contribution in [2.75, 3.05) is 0 Å². The molecule has 0 radical (unpaired) electrons. The van der Waals surface area contributed by atoms with E-state index in [4.69, 9.17) is 27.6 Å². The lowest BCUT2D eigenvalue weighted by Gasteiger charge is -1.97. The molecule has 0 N–H and O–H groups in total. The molecule has 0 unspecified atom stereocenters. The van der Waals surface area contributed by atoms with Gasteiger partial charge in [-0.15, -0.1) is 0 Å². The minimum Gasteiger partial charge on any atom is -0.436 e. The summed E-state index contributed by atoms with van der Waals surface area (Å²) in [4.78, 5) is 15.7. The van der Waals surface area contributed by atoms with Crippen molar-refractivity contribution < 1.29 is 9.21 Å².